The highest BCUT2D eigenvalue weighted by molar-refractivity contribution is 5.94. The maximum atomic E-state index is 13.4. The molecule has 0 spiro atoms. The van der Waals surface area contributed by atoms with Gasteiger partial charge in [0.1, 0.15) is 16.8 Å². The zero-order valence-corrected chi connectivity index (χ0v) is 19.7. The number of carboxylic acid groups (broad SMARTS) is 1. The molecule has 0 radical (unpaired) electrons. The van der Waals surface area contributed by atoms with Crippen molar-refractivity contribution in [3.8, 4) is 11.5 Å². The van der Waals surface area contributed by atoms with Crippen LogP contribution in [0.4, 0.5) is 5.69 Å². The fourth-order valence-corrected chi connectivity index (χ4v) is 4.29. The van der Waals surface area contributed by atoms with Gasteiger partial charge in [-0.15, -0.1) is 0 Å². The summed E-state index contributed by atoms with van der Waals surface area (Å²) in [6.45, 7) is 7.26. The summed E-state index contributed by atoms with van der Waals surface area (Å²) in [6, 6.07) is 13.6. The summed E-state index contributed by atoms with van der Waals surface area (Å²) >= 11 is 0. The van der Waals surface area contributed by atoms with E-state index in [1.807, 2.05) is 19.9 Å². The lowest BCUT2D eigenvalue weighted by atomic mass is 9.99. The molecular formula is C27H23N3O5. The number of nitrogens with zero attached hydrogens (tertiary/aromatic N) is 2. The van der Waals surface area contributed by atoms with Crippen LogP contribution in [-0.2, 0) is 0 Å². The number of carboxylic acids is 1. The van der Waals surface area contributed by atoms with E-state index in [2.05, 4.69) is 15.3 Å². The summed E-state index contributed by atoms with van der Waals surface area (Å²) in [4.78, 5) is 33.9. The molecule has 2 aromatic carbocycles. The first-order chi connectivity index (χ1) is 16.7. The lowest BCUT2D eigenvalue weighted by Crippen LogP contribution is -2.14. The number of hydrogen-bond acceptors (Lipinski definition) is 7. The van der Waals surface area contributed by atoms with Gasteiger partial charge in [0.15, 0.2) is 17.1 Å². The predicted molar refractivity (Wildman–Crippen MR) is 133 cm³/mol. The van der Waals surface area contributed by atoms with Crippen molar-refractivity contribution in [1.82, 2.24) is 9.97 Å². The number of oxazole rings is 1. The van der Waals surface area contributed by atoms with Gasteiger partial charge < -0.3 is 19.3 Å². The first-order valence-electron chi connectivity index (χ1n) is 11.1. The number of nitrogens with one attached hydrogen (secondary N) is 1. The lowest BCUT2D eigenvalue weighted by molar-refractivity contribution is 0.0698. The van der Waals surface area contributed by atoms with Gasteiger partial charge in [0, 0.05) is 23.7 Å². The van der Waals surface area contributed by atoms with Crippen LogP contribution in [0, 0.1) is 20.8 Å². The molecule has 8 nitrogen and oxygen atoms in total. The average Bonchev–Trinajstić information content (AvgIpc) is 3.20. The SMILES string of the molecule is Cc1cc(C(C)Nc2ccccc2C(=O)O)c2oc(-c3ccc4nc(C)oc4n3)c(C)c(=O)c2c1. The topological polar surface area (TPSA) is 118 Å². The van der Waals surface area contributed by atoms with Crippen molar-refractivity contribution in [1.29, 1.82) is 0 Å². The molecule has 0 amide bonds. The molecule has 1 unspecified atom stereocenters. The van der Waals surface area contributed by atoms with Crippen molar-refractivity contribution < 1.29 is 18.7 Å². The van der Waals surface area contributed by atoms with E-state index in [1.54, 1.807) is 56.3 Å². The monoisotopic (exact) mass is 469 g/mol. The van der Waals surface area contributed by atoms with Gasteiger partial charge in [-0.3, -0.25) is 4.79 Å². The van der Waals surface area contributed by atoms with Gasteiger partial charge in [0.05, 0.1) is 17.0 Å². The minimum absolute atomic E-state index is 0.153. The van der Waals surface area contributed by atoms with Crippen LogP contribution in [-0.4, -0.2) is 21.0 Å². The number of aryl methyl sites for hydroxylation is 2. The van der Waals surface area contributed by atoms with Crippen LogP contribution >= 0.6 is 0 Å². The standard InChI is InChI=1S/C27H23N3O5/c1-13-11-18(15(3)28-20-8-6-5-7-17(20)27(32)33)25-19(12-13)23(31)14(2)24(35-25)21-9-10-22-26(30-21)34-16(4)29-22/h5-12,15,28H,1-4H3,(H,32,33). The number of rotatable bonds is 5. The molecule has 5 rings (SSSR count). The van der Waals surface area contributed by atoms with Gasteiger partial charge in [-0.05, 0) is 56.7 Å². The maximum absolute atomic E-state index is 13.4. The molecule has 0 saturated carbocycles. The van der Waals surface area contributed by atoms with Crippen LogP contribution in [0.25, 0.3) is 33.7 Å². The number of pyridine rings is 1. The normalized spacial score (nSPS) is 12.2. The Bertz CT molecular complexity index is 1680. The van der Waals surface area contributed by atoms with Crippen LogP contribution in [0.3, 0.4) is 0 Å². The molecule has 0 bridgehead atoms. The zero-order chi connectivity index (χ0) is 24.9. The molecule has 176 valence electrons. The number of fused-ring (bicyclic) bond motifs is 2. The van der Waals surface area contributed by atoms with Crippen LogP contribution < -0.4 is 10.7 Å². The second-order valence-electron chi connectivity index (χ2n) is 8.59. The molecule has 5 aromatic rings. The van der Waals surface area contributed by atoms with Crippen LogP contribution in [0.15, 0.2) is 62.2 Å². The smallest absolute Gasteiger partial charge is 0.337 e. The highest BCUT2D eigenvalue weighted by atomic mass is 16.4. The van der Waals surface area contributed by atoms with E-state index in [0.29, 0.717) is 50.8 Å². The van der Waals surface area contributed by atoms with Crippen LogP contribution in [0.2, 0.25) is 0 Å². The number of aromatic carboxylic acids is 1. The summed E-state index contributed by atoms with van der Waals surface area (Å²) in [5.41, 5.74) is 4.43. The Kier molecular flexibility index (Phi) is 5.36. The molecule has 35 heavy (non-hydrogen) atoms. The molecule has 8 heteroatoms. The third-order valence-electron chi connectivity index (χ3n) is 5.98. The lowest BCUT2D eigenvalue weighted by Gasteiger charge is -2.19. The largest absolute Gasteiger partial charge is 0.478 e. The third-order valence-corrected chi connectivity index (χ3v) is 5.98. The first-order valence-corrected chi connectivity index (χ1v) is 11.1. The summed E-state index contributed by atoms with van der Waals surface area (Å²) in [6.07, 6.45) is 0. The predicted octanol–water partition coefficient (Wildman–Crippen LogP) is 5.79. The van der Waals surface area contributed by atoms with Crippen molar-refractivity contribution in [2.24, 2.45) is 0 Å². The summed E-state index contributed by atoms with van der Waals surface area (Å²) < 4.78 is 11.9. The minimum Gasteiger partial charge on any atom is -0.478 e. The highest BCUT2D eigenvalue weighted by Gasteiger charge is 2.21. The van der Waals surface area contributed by atoms with E-state index >= 15 is 0 Å². The Hall–Kier alpha value is -4.46. The van der Waals surface area contributed by atoms with E-state index in [1.165, 1.54) is 0 Å². The van der Waals surface area contributed by atoms with Gasteiger partial charge in [-0.1, -0.05) is 18.2 Å². The second kappa shape index (κ2) is 8.39. The van der Waals surface area contributed by atoms with Gasteiger partial charge in [-0.2, -0.15) is 0 Å². The summed E-state index contributed by atoms with van der Waals surface area (Å²) in [7, 11) is 0. The Morgan fingerprint density at radius 3 is 2.57 bits per heavy atom. The quantitative estimate of drug-likeness (QED) is 0.332. The molecule has 3 aromatic heterocycles. The van der Waals surface area contributed by atoms with Crippen molar-refractivity contribution in [3.05, 3.63) is 86.9 Å². The summed E-state index contributed by atoms with van der Waals surface area (Å²) in [5, 5.41) is 13.3. The fraction of sp³-hybridized carbons (Fsp3) is 0.185. The molecule has 0 aliphatic heterocycles. The Morgan fingerprint density at radius 2 is 1.80 bits per heavy atom. The zero-order valence-electron chi connectivity index (χ0n) is 19.7. The maximum Gasteiger partial charge on any atom is 0.337 e. The van der Waals surface area contributed by atoms with Crippen molar-refractivity contribution >= 4 is 33.9 Å². The molecule has 0 saturated heterocycles. The van der Waals surface area contributed by atoms with Crippen LogP contribution in [0.5, 0.6) is 0 Å². The van der Waals surface area contributed by atoms with Gasteiger partial charge in [-0.25, -0.2) is 14.8 Å². The van der Waals surface area contributed by atoms with E-state index < -0.39 is 5.97 Å². The van der Waals surface area contributed by atoms with Gasteiger partial charge >= 0.3 is 5.97 Å². The van der Waals surface area contributed by atoms with Crippen molar-refractivity contribution in [3.63, 3.8) is 0 Å². The summed E-state index contributed by atoms with van der Waals surface area (Å²) in [5.74, 6) is -0.176. The van der Waals surface area contributed by atoms with E-state index in [4.69, 9.17) is 8.83 Å². The molecule has 1 atom stereocenters. The molecular weight excluding hydrogens is 446 g/mol. The molecule has 3 heterocycles. The van der Waals surface area contributed by atoms with Gasteiger partial charge in [0.2, 0.25) is 5.71 Å². The van der Waals surface area contributed by atoms with Crippen molar-refractivity contribution in [2.45, 2.75) is 33.7 Å². The number of anilines is 1. The average molecular weight is 469 g/mol. The number of carbonyl (C=O) groups is 1. The molecule has 0 aliphatic carbocycles. The Balaban J connectivity index is 1.68. The van der Waals surface area contributed by atoms with Gasteiger partial charge in [0.25, 0.3) is 0 Å². The number of hydrogen-bond donors (Lipinski definition) is 2. The number of benzene rings is 2. The molecule has 0 fully saturated rings. The van der Waals surface area contributed by atoms with E-state index in [9.17, 15) is 14.7 Å². The molecule has 0 aliphatic rings. The Labute approximate surface area is 200 Å². The Morgan fingerprint density at radius 1 is 1.03 bits per heavy atom. The van der Waals surface area contributed by atoms with E-state index in [-0.39, 0.29) is 17.0 Å². The van der Waals surface area contributed by atoms with Crippen LogP contribution in [0.1, 0.15) is 45.9 Å². The first kappa shape index (κ1) is 22.3. The minimum atomic E-state index is -1.03. The second-order valence-corrected chi connectivity index (χ2v) is 8.59. The van der Waals surface area contributed by atoms with E-state index in [0.717, 1.165) is 11.1 Å². The third kappa shape index (κ3) is 3.93. The van der Waals surface area contributed by atoms with Crippen molar-refractivity contribution in [2.75, 3.05) is 5.32 Å². The fourth-order valence-electron chi connectivity index (χ4n) is 4.29. The highest BCUT2D eigenvalue weighted by Crippen LogP contribution is 2.32. The molecule has 2 N–H and O–H groups in total. The number of para-hydroxylation sites is 1. The number of aromatic nitrogens is 2.